The second-order valence-corrected chi connectivity index (χ2v) is 6.62. The van der Waals surface area contributed by atoms with Gasteiger partial charge >= 0.3 is 0 Å². The number of nitrogens with one attached hydrogen (secondary N) is 1. The summed E-state index contributed by atoms with van der Waals surface area (Å²) >= 11 is 6.19. The molecular weight excluding hydrogens is 278 g/mol. The molecule has 1 fully saturated rings. The normalized spacial score (nSPS) is 22.2. The Morgan fingerprint density at radius 1 is 0.952 bits per heavy atom. The highest BCUT2D eigenvalue weighted by Crippen LogP contribution is 2.38. The summed E-state index contributed by atoms with van der Waals surface area (Å²) in [4.78, 5) is 0. The quantitative estimate of drug-likeness (QED) is 0.838. The van der Waals surface area contributed by atoms with E-state index in [0.29, 0.717) is 11.8 Å². The number of piperidine rings is 1. The summed E-state index contributed by atoms with van der Waals surface area (Å²) in [6.45, 7) is 6.49. The minimum Gasteiger partial charge on any atom is -0.316 e. The van der Waals surface area contributed by atoms with Crippen LogP contribution >= 0.6 is 11.6 Å². The van der Waals surface area contributed by atoms with Gasteiger partial charge in [0.2, 0.25) is 0 Å². The Morgan fingerprint density at radius 2 is 1.71 bits per heavy atom. The van der Waals surface area contributed by atoms with Crippen molar-refractivity contribution in [2.24, 2.45) is 0 Å². The number of hydrogen-bond donors (Lipinski definition) is 1. The zero-order valence-corrected chi connectivity index (χ0v) is 13.5. The van der Waals surface area contributed by atoms with Crippen molar-refractivity contribution in [1.82, 2.24) is 5.32 Å². The molecule has 1 heterocycles. The average molecular weight is 300 g/mol. The fraction of sp³-hybridized carbons (Fsp3) is 0.368. The standard InChI is InChI=1S/C19H22ClN/c1-13-8-14(2)10-16(9-13)18-6-7-21-12-19(18)15-4-3-5-17(20)11-15/h3-5,8-11,18-19,21H,6-7,12H2,1-2H3. The maximum Gasteiger partial charge on any atom is 0.0408 e. The van der Waals surface area contributed by atoms with Crippen molar-refractivity contribution in [3.05, 3.63) is 69.7 Å². The molecular formula is C19H22ClN. The Morgan fingerprint density at radius 3 is 2.43 bits per heavy atom. The average Bonchev–Trinajstić information content (AvgIpc) is 2.46. The molecule has 0 aliphatic carbocycles. The molecule has 2 atom stereocenters. The molecule has 110 valence electrons. The number of rotatable bonds is 2. The minimum atomic E-state index is 0.499. The first-order valence-corrected chi connectivity index (χ1v) is 8.05. The van der Waals surface area contributed by atoms with Crippen LogP contribution in [0.5, 0.6) is 0 Å². The summed E-state index contributed by atoms with van der Waals surface area (Å²) in [6, 6.07) is 15.3. The summed E-state index contributed by atoms with van der Waals surface area (Å²) in [6.07, 6.45) is 1.18. The van der Waals surface area contributed by atoms with Crippen LogP contribution in [0.2, 0.25) is 5.02 Å². The number of aryl methyl sites for hydroxylation is 2. The van der Waals surface area contributed by atoms with Crippen LogP contribution in [0, 0.1) is 13.8 Å². The first kappa shape index (κ1) is 14.6. The second-order valence-electron chi connectivity index (χ2n) is 6.18. The molecule has 1 nitrogen and oxygen atoms in total. The molecule has 1 aliphatic heterocycles. The van der Waals surface area contributed by atoms with Crippen LogP contribution in [0.15, 0.2) is 42.5 Å². The molecule has 0 saturated carbocycles. The zero-order chi connectivity index (χ0) is 14.8. The van der Waals surface area contributed by atoms with Crippen LogP contribution in [-0.2, 0) is 0 Å². The van der Waals surface area contributed by atoms with Gasteiger partial charge in [0.05, 0.1) is 0 Å². The predicted octanol–water partition coefficient (Wildman–Crippen LogP) is 4.82. The summed E-state index contributed by atoms with van der Waals surface area (Å²) in [5.74, 6) is 1.07. The Balaban J connectivity index is 1.98. The molecule has 1 saturated heterocycles. The van der Waals surface area contributed by atoms with E-state index in [1.54, 1.807) is 0 Å². The third kappa shape index (κ3) is 3.30. The molecule has 0 amide bonds. The summed E-state index contributed by atoms with van der Waals surface area (Å²) in [5.41, 5.74) is 5.53. The van der Waals surface area contributed by atoms with Crippen LogP contribution in [0.3, 0.4) is 0 Å². The molecule has 2 heteroatoms. The van der Waals surface area contributed by atoms with E-state index in [1.165, 1.54) is 28.7 Å². The maximum absolute atomic E-state index is 6.19. The molecule has 2 aromatic carbocycles. The smallest absolute Gasteiger partial charge is 0.0408 e. The number of hydrogen-bond acceptors (Lipinski definition) is 1. The van der Waals surface area contributed by atoms with Gasteiger partial charge in [-0.05, 0) is 56.0 Å². The molecule has 0 spiro atoms. The van der Waals surface area contributed by atoms with E-state index >= 15 is 0 Å². The lowest BCUT2D eigenvalue weighted by Crippen LogP contribution is -2.34. The van der Waals surface area contributed by atoms with Crippen molar-refractivity contribution in [2.75, 3.05) is 13.1 Å². The number of halogens is 1. The molecule has 0 bridgehead atoms. The van der Waals surface area contributed by atoms with E-state index in [4.69, 9.17) is 11.6 Å². The van der Waals surface area contributed by atoms with Crippen molar-refractivity contribution in [2.45, 2.75) is 32.1 Å². The largest absolute Gasteiger partial charge is 0.316 e. The first-order valence-electron chi connectivity index (χ1n) is 7.68. The molecule has 2 aromatic rings. The molecule has 1 aliphatic rings. The van der Waals surface area contributed by atoms with E-state index in [1.807, 2.05) is 6.07 Å². The van der Waals surface area contributed by atoms with Gasteiger partial charge in [-0.1, -0.05) is 53.1 Å². The summed E-state index contributed by atoms with van der Waals surface area (Å²) < 4.78 is 0. The van der Waals surface area contributed by atoms with Crippen molar-refractivity contribution in [1.29, 1.82) is 0 Å². The van der Waals surface area contributed by atoms with Gasteiger partial charge in [-0.25, -0.2) is 0 Å². The van der Waals surface area contributed by atoms with Gasteiger partial charge in [0.15, 0.2) is 0 Å². The lowest BCUT2D eigenvalue weighted by molar-refractivity contribution is 0.404. The maximum atomic E-state index is 6.19. The van der Waals surface area contributed by atoms with Gasteiger partial charge in [-0.2, -0.15) is 0 Å². The van der Waals surface area contributed by atoms with Gasteiger partial charge in [0.25, 0.3) is 0 Å². The van der Waals surface area contributed by atoms with Crippen molar-refractivity contribution < 1.29 is 0 Å². The Labute approximate surface area is 132 Å². The van der Waals surface area contributed by atoms with Gasteiger partial charge < -0.3 is 5.32 Å². The third-order valence-corrected chi connectivity index (χ3v) is 4.67. The number of benzene rings is 2. The zero-order valence-electron chi connectivity index (χ0n) is 12.7. The lowest BCUT2D eigenvalue weighted by atomic mass is 9.77. The molecule has 3 rings (SSSR count). The van der Waals surface area contributed by atoms with Gasteiger partial charge in [0.1, 0.15) is 0 Å². The van der Waals surface area contributed by atoms with E-state index < -0.39 is 0 Å². The van der Waals surface area contributed by atoms with Crippen LogP contribution in [-0.4, -0.2) is 13.1 Å². The summed E-state index contributed by atoms with van der Waals surface area (Å²) in [5, 5.41) is 4.37. The van der Waals surface area contributed by atoms with Crippen LogP contribution in [0.25, 0.3) is 0 Å². The SMILES string of the molecule is Cc1cc(C)cc(C2CCNCC2c2cccc(Cl)c2)c1. The minimum absolute atomic E-state index is 0.499. The molecule has 0 radical (unpaired) electrons. The van der Waals surface area contributed by atoms with Crippen molar-refractivity contribution >= 4 is 11.6 Å². The van der Waals surface area contributed by atoms with E-state index in [9.17, 15) is 0 Å². The topological polar surface area (TPSA) is 12.0 Å². The highest BCUT2D eigenvalue weighted by Gasteiger charge is 2.28. The van der Waals surface area contributed by atoms with E-state index in [0.717, 1.165) is 18.1 Å². The lowest BCUT2D eigenvalue weighted by Gasteiger charge is -2.33. The second kappa shape index (κ2) is 6.21. The predicted molar refractivity (Wildman–Crippen MR) is 90.3 cm³/mol. The van der Waals surface area contributed by atoms with Gasteiger partial charge in [-0.3, -0.25) is 0 Å². The first-order chi connectivity index (χ1) is 10.1. The van der Waals surface area contributed by atoms with Gasteiger partial charge in [-0.15, -0.1) is 0 Å². The fourth-order valence-corrected chi connectivity index (χ4v) is 3.77. The molecule has 21 heavy (non-hydrogen) atoms. The Bertz CT molecular complexity index is 615. The molecule has 0 aromatic heterocycles. The van der Waals surface area contributed by atoms with Crippen LogP contribution in [0.4, 0.5) is 0 Å². The van der Waals surface area contributed by atoms with Crippen molar-refractivity contribution in [3.63, 3.8) is 0 Å². The van der Waals surface area contributed by atoms with E-state index in [2.05, 4.69) is 55.6 Å². The summed E-state index contributed by atoms with van der Waals surface area (Å²) in [7, 11) is 0. The Kier molecular flexibility index (Phi) is 4.32. The molecule has 2 unspecified atom stereocenters. The fourth-order valence-electron chi connectivity index (χ4n) is 3.57. The third-order valence-electron chi connectivity index (χ3n) is 4.43. The van der Waals surface area contributed by atoms with Crippen molar-refractivity contribution in [3.8, 4) is 0 Å². The van der Waals surface area contributed by atoms with Crippen LogP contribution in [0.1, 0.15) is 40.5 Å². The van der Waals surface area contributed by atoms with Gasteiger partial charge in [0, 0.05) is 17.5 Å². The monoisotopic (exact) mass is 299 g/mol. The van der Waals surface area contributed by atoms with Crippen LogP contribution < -0.4 is 5.32 Å². The highest BCUT2D eigenvalue weighted by molar-refractivity contribution is 6.30. The molecule has 1 N–H and O–H groups in total. The van der Waals surface area contributed by atoms with E-state index in [-0.39, 0.29) is 0 Å². The highest BCUT2D eigenvalue weighted by atomic mass is 35.5. The Hall–Kier alpha value is -1.31.